The number of benzene rings is 1. The van der Waals surface area contributed by atoms with Crippen LogP contribution in [0.1, 0.15) is 40.3 Å². The Balaban J connectivity index is 1.64. The van der Waals surface area contributed by atoms with Gasteiger partial charge in [-0.1, -0.05) is 12.1 Å². The van der Waals surface area contributed by atoms with Crippen molar-refractivity contribution in [1.82, 2.24) is 9.80 Å². The van der Waals surface area contributed by atoms with Gasteiger partial charge in [-0.25, -0.2) is 4.79 Å². The van der Waals surface area contributed by atoms with Crippen molar-refractivity contribution in [3.8, 4) is 0 Å². The lowest BCUT2D eigenvalue weighted by Gasteiger charge is -2.44. The number of amides is 1. The predicted octanol–water partition coefficient (Wildman–Crippen LogP) is 2.80. The Hall–Kier alpha value is -2.60. The summed E-state index contributed by atoms with van der Waals surface area (Å²) in [5, 5.41) is 0. The molecule has 1 unspecified atom stereocenters. The maximum atomic E-state index is 12.6. The van der Waals surface area contributed by atoms with E-state index >= 15 is 0 Å². The Morgan fingerprint density at radius 2 is 1.77 bits per heavy atom. The van der Waals surface area contributed by atoms with Crippen molar-refractivity contribution in [2.75, 3.05) is 20.2 Å². The van der Waals surface area contributed by atoms with E-state index in [0.29, 0.717) is 11.3 Å². The maximum Gasteiger partial charge on any atom is 0.337 e. The quantitative estimate of drug-likeness (QED) is 0.788. The van der Waals surface area contributed by atoms with E-state index in [4.69, 9.17) is 9.15 Å². The monoisotopic (exact) mass is 356 g/mol. The van der Waals surface area contributed by atoms with Gasteiger partial charge in [0.05, 0.1) is 18.9 Å². The van der Waals surface area contributed by atoms with E-state index in [1.165, 1.54) is 13.4 Å². The molecule has 2 atom stereocenters. The standard InChI is InChI=1S/C20H24N2O4/c1-14-11-21(13-16-6-8-17(9-7-16)20(24)25-3)12-15(2)22(14)19(23)18-5-4-10-26-18/h4-10,14-15H,11-13H2,1-3H3/t14-,15?/m1/s1. The average Bonchev–Trinajstić information content (AvgIpc) is 3.15. The number of hydrogen-bond acceptors (Lipinski definition) is 5. The molecular formula is C20H24N2O4. The van der Waals surface area contributed by atoms with Crippen LogP contribution < -0.4 is 0 Å². The molecule has 1 fully saturated rings. The van der Waals surface area contributed by atoms with Gasteiger partial charge < -0.3 is 14.1 Å². The Labute approximate surface area is 153 Å². The van der Waals surface area contributed by atoms with Crippen LogP contribution in [-0.2, 0) is 11.3 Å². The molecule has 0 saturated carbocycles. The number of furan rings is 1. The first-order chi connectivity index (χ1) is 12.5. The van der Waals surface area contributed by atoms with Crippen LogP contribution in [0, 0.1) is 0 Å². The van der Waals surface area contributed by atoms with Gasteiger partial charge in [-0.05, 0) is 43.7 Å². The van der Waals surface area contributed by atoms with Crippen LogP contribution in [0.25, 0.3) is 0 Å². The molecule has 2 aromatic rings. The highest BCUT2D eigenvalue weighted by Gasteiger charge is 2.34. The third kappa shape index (κ3) is 3.80. The van der Waals surface area contributed by atoms with Gasteiger partial charge in [0.1, 0.15) is 0 Å². The molecule has 1 aliphatic rings. The number of nitrogens with zero attached hydrogens (tertiary/aromatic N) is 2. The van der Waals surface area contributed by atoms with Crippen molar-refractivity contribution in [2.45, 2.75) is 32.5 Å². The Morgan fingerprint density at radius 1 is 1.12 bits per heavy atom. The minimum atomic E-state index is -0.330. The largest absolute Gasteiger partial charge is 0.465 e. The number of rotatable bonds is 4. The molecule has 6 nitrogen and oxygen atoms in total. The number of piperazine rings is 1. The highest BCUT2D eigenvalue weighted by atomic mass is 16.5. The second-order valence-electron chi connectivity index (χ2n) is 6.77. The predicted molar refractivity (Wildman–Crippen MR) is 96.9 cm³/mol. The number of esters is 1. The second kappa shape index (κ2) is 7.74. The summed E-state index contributed by atoms with van der Waals surface area (Å²) in [5.41, 5.74) is 1.68. The first kappa shape index (κ1) is 18.2. The molecule has 0 spiro atoms. The van der Waals surface area contributed by atoms with Crippen LogP contribution in [0.2, 0.25) is 0 Å². The van der Waals surface area contributed by atoms with Gasteiger partial charge in [0.2, 0.25) is 0 Å². The van der Waals surface area contributed by atoms with Crippen molar-refractivity contribution in [3.05, 3.63) is 59.5 Å². The molecule has 3 rings (SSSR count). The summed E-state index contributed by atoms with van der Waals surface area (Å²) in [7, 11) is 1.38. The average molecular weight is 356 g/mol. The summed E-state index contributed by atoms with van der Waals surface area (Å²) in [6, 6.07) is 11.1. The first-order valence-electron chi connectivity index (χ1n) is 8.75. The molecule has 1 aliphatic heterocycles. The lowest BCUT2D eigenvalue weighted by molar-refractivity contribution is 0.0243. The number of ether oxygens (including phenoxy) is 1. The molecule has 1 saturated heterocycles. The summed E-state index contributed by atoms with van der Waals surface area (Å²) >= 11 is 0. The zero-order valence-corrected chi connectivity index (χ0v) is 15.3. The molecule has 1 aromatic heterocycles. The van der Waals surface area contributed by atoms with Gasteiger partial charge in [-0.3, -0.25) is 9.69 Å². The zero-order valence-electron chi connectivity index (χ0n) is 15.3. The van der Waals surface area contributed by atoms with Crippen LogP contribution >= 0.6 is 0 Å². The number of hydrogen-bond donors (Lipinski definition) is 0. The number of carbonyl (C=O) groups is 2. The molecule has 0 radical (unpaired) electrons. The molecule has 2 heterocycles. The van der Waals surface area contributed by atoms with Crippen molar-refractivity contribution >= 4 is 11.9 Å². The molecule has 6 heteroatoms. The van der Waals surface area contributed by atoms with Gasteiger partial charge >= 0.3 is 5.97 Å². The maximum absolute atomic E-state index is 12.6. The van der Waals surface area contributed by atoms with Crippen molar-refractivity contribution in [1.29, 1.82) is 0 Å². The zero-order chi connectivity index (χ0) is 18.7. The summed E-state index contributed by atoms with van der Waals surface area (Å²) in [6.07, 6.45) is 1.52. The van der Waals surface area contributed by atoms with Crippen LogP contribution in [-0.4, -0.2) is 54.0 Å². The fraction of sp³-hybridized carbons (Fsp3) is 0.400. The van der Waals surface area contributed by atoms with E-state index in [9.17, 15) is 9.59 Å². The lowest BCUT2D eigenvalue weighted by atomic mass is 10.1. The highest BCUT2D eigenvalue weighted by Crippen LogP contribution is 2.21. The van der Waals surface area contributed by atoms with Crippen LogP contribution in [0.4, 0.5) is 0 Å². The van der Waals surface area contributed by atoms with E-state index in [1.807, 2.05) is 17.0 Å². The third-order valence-corrected chi connectivity index (χ3v) is 4.74. The van der Waals surface area contributed by atoms with Gasteiger partial charge in [-0.2, -0.15) is 0 Å². The molecule has 0 N–H and O–H groups in total. The minimum absolute atomic E-state index is 0.0583. The molecule has 26 heavy (non-hydrogen) atoms. The van der Waals surface area contributed by atoms with Crippen molar-refractivity contribution < 1.29 is 18.7 Å². The van der Waals surface area contributed by atoms with Crippen LogP contribution in [0.5, 0.6) is 0 Å². The minimum Gasteiger partial charge on any atom is -0.465 e. The van der Waals surface area contributed by atoms with E-state index in [0.717, 1.165) is 25.2 Å². The van der Waals surface area contributed by atoms with E-state index in [2.05, 4.69) is 18.7 Å². The summed E-state index contributed by atoms with van der Waals surface area (Å²) in [4.78, 5) is 28.4. The Morgan fingerprint density at radius 3 is 2.31 bits per heavy atom. The second-order valence-corrected chi connectivity index (χ2v) is 6.77. The Bertz CT molecular complexity index is 743. The molecule has 0 aliphatic carbocycles. The van der Waals surface area contributed by atoms with E-state index in [-0.39, 0.29) is 24.0 Å². The summed E-state index contributed by atoms with van der Waals surface area (Å²) in [6.45, 7) is 6.47. The van der Waals surface area contributed by atoms with Crippen LogP contribution in [0.3, 0.4) is 0 Å². The number of methoxy groups -OCH3 is 1. The molecule has 1 amide bonds. The highest BCUT2D eigenvalue weighted by molar-refractivity contribution is 5.92. The third-order valence-electron chi connectivity index (χ3n) is 4.74. The lowest BCUT2D eigenvalue weighted by Crippen LogP contribution is -2.58. The molecule has 1 aromatic carbocycles. The van der Waals surface area contributed by atoms with Gasteiger partial charge in [0, 0.05) is 31.7 Å². The van der Waals surface area contributed by atoms with E-state index in [1.54, 1.807) is 24.3 Å². The Kier molecular flexibility index (Phi) is 5.42. The smallest absolute Gasteiger partial charge is 0.337 e. The molecule has 138 valence electrons. The van der Waals surface area contributed by atoms with Crippen molar-refractivity contribution in [3.63, 3.8) is 0 Å². The normalized spacial score (nSPS) is 20.8. The first-order valence-corrected chi connectivity index (χ1v) is 8.75. The topological polar surface area (TPSA) is 63.0 Å². The SMILES string of the molecule is COC(=O)c1ccc(CN2CC(C)N(C(=O)c3ccco3)[C@H](C)C2)cc1. The van der Waals surface area contributed by atoms with Gasteiger partial charge in [-0.15, -0.1) is 0 Å². The van der Waals surface area contributed by atoms with Crippen LogP contribution in [0.15, 0.2) is 47.1 Å². The van der Waals surface area contributed by atoms with Crippen molar-refractivity contribution in [2.24, 2.45) is 0 Å². The van der Waals surface area contributed by atoms with Gasteiger partial charge in [0.25, 0.3) is 5.91 Å². The number of carbonyl (C=O) groups excluding carboxylic acids is 2. The fourth-order valence-corrected chi connectivity index (χ4v) is 3.61. The van der Waals surface area contributed by atoms with E-state index < -0.39 is 0 Å². The summed E-state index contributed by atoms with van der Waals surface area (Å²) < 4.78 is 9.99. The molecule has 0 bridgehead atoms. The summed E-state index contributed by atoms with van der Waals surface area (Å²) in [5.74, 6) is -0.00326. The van der Waals surface area contributed by atoms with Gasteiger partial charge in [0.15, 0.2) is 5.76 Å². The fourth-order valence-electron chi connectivity index (χ4n) is 3.61. The molecular weight excluding hydrogens is 332 g/mol.